The highest BCUT2D eigenvalue weighted by Crippen LogP contribution is 2.35. The van der Waals surface area contributed by atoms with Gasteiger partial charge in [0.05, 0.1) is 24.5 Å². The van der Waals surface area contributed by atoms with Gasteiger partial charge in [-0.2, -0.15) is 5.10 Å². The largest absolute Gasteiger partial charge is 0.390 e. The highest BCUT2D eigenvalue weighted by atomic mass is 16.5. The van der Waals surface area contributed by atoms with Crippen molar-refractivity contribution in [3.05, 3.63) is 24.0 Å². The predicted octanol–water partition coefficient (Wildman–Crippen LogP) is 0.0748. The molecule has 2 atom stereocenters. The Bertz CT molecular complexity index is 753. The number of carbonyl (C=O) groups excluding carboxylic acids is 1. The number of fused-ring (bicyclic) bond motifs is 1. The van der Waals surface area contributed by atoms with Gasteiger partial charge in [-0.25, -0.2) is 4.98 Å². The maximum Gasteiger partial charge on any atom is 0.272 e. The zero-order valence-corrected chi connectivity index (χ0v) is 13.2. The van der Waals surface area contributed by atoms with E-state index in [0.29, 0.717) is 50.3 Å². The third-order valence-electron chi connectivity index (χ3n) is 5.12. The van der Waals surface area contributed by atoms with E-state index in [-0.39, 0.29) is 5.91 Å². The summed E-state index contributed by atoms with van der Waals surface area (Å²) in [6.07, 6.45) is 1.45. The molecule has 3 N–H and O–H groups in total. The van der Waals surface area contributed by atoms with Gasteiger partial charge in [-0.05, 0) is 31.4 Å². The fourth-order valence-electron chi connectivity index (χ4n) is 3.61. The van der Waals surface area contributed by atoms with Gasteiger partial charge in [0.2, 0.25) is 0 Å². The van der Waals surface area contributed by atoms with Crippen molar-refractivity contribution in [2.45, 2.75) is 37.1 Å². The van der Waals surface area contributed by atoms with Crippen LogP contribution in [0.2, 0.25) is 0 Å². The van der Waals surface area contributed by atoms with E-state index in [1.165, 1.54) is 0 Å². The van der Waals surface area contributed by atoms with Crippen LogP contribution in [-0.2, 0) is 4.74 Å². The number of H-pyrrole nitrogens is 1. The number of ether oxygens (including phenoxy) is 1. The lowest BCUT2D eigenvalue weighted by Gasteiger charge is -2.48. The fourth-order valence-corrected chi connectivity index (χ4v) is 3.61. The Morgan fingerprint density at radius 1 is 1.33 bits per heavy atom. The minimum absolute atomic E-state index is 0.146. The molecule has 2 aromatic rings. The molecule has 4 heterocycles. The molecule has 2 saturated heterocycles. The molecule has 0 aliphatic carbocycles. The summed E-state index contributed by atoms with van der Waals surface area (Å²) in [5, 5.41) is 27.7. The van der Waals surface area contributed by atoms with E-state index in [1.54, 1.807) is 17.2 Å². The second-order valence-corrected chi connectivity index (χ2v) is 6.51. The van der Waals surface area contributed by atoms with Gasteiger partial charge in [0.25, 0.3) is 5.91 Å². The van der Waals surface area contributed by atoms with Crippen LogP contribution in [0.4, 0.5) is 0 Å². The Morgan fingerprint density at radius 3 is 2.92 bits per heavy atom. The first-order valence-electron chi connectivity index (χ1n) is 8.19. The van der Waals surface area contributed by atoms with Crippen LogP contribution in [0.15, 0.2) is 18.3 Å². The number of carbonyl (C=O) groups is 1. The molecule has 2 fully saturated rings. The summed E-state index contributed by atoms with van der Waals surface area (Å²) >= 11 is 0. The molecule has 2 aromatic heterocycles. The first kappa shape index (κ1) is 15.5. The molecular weight excluding hydrogens is 312 g/mol. The molecule has 2 aliphatic rings. The van der Waals surface area contributed by atoms with E-state index in [4.69, 9.17) is 4.74 Å². The van der Waals surface area contributed by atoms with Crippen molar-refractivity contribution in [2.75, 3.05) is 19.7 Å². The average molecular weight is 332 g/mol. The lowest BCUT2D eigenvalue weighted by atomic mass is 9.80. The molecule has 128 valence electrons. The number of aromatic nitrogens is 3. The van der Waals surface area contributed by atoms with Crippen LogP contribution in [0.25, 0.3) is 11.0 Å². The van der Waals surface area contributed by atoms with Crippen LogP contribution >= 0.6 is 0 Å². The lowest BCUT2D eigenvalue weighted by Crippen LogP contribution is -2.60. The van der Waals surface area contributed by atoms with E-state index < -0.39 is 17.8 Å². The number of hydrogen-bond acceptors (Lipinski definition) is 6. The fraction of sp³-hybridized carbons (Fsp3) is 0.562. The normalized spacial score (nSPS) is 26.8. The number of piperidine rings is 1. The summed E-state index contributed by atoms with van der Waals surface area (Å²) in [6, 6.07) is 3.51. The van der Waals surface area contributed by atoms with E-state index in [0.717, 1.165) is 5.39 Å². The third-order valence-corrected chi connectivity index (χ3v) is 5.12. The van der Waals surface area contributed by atoms with Crippen LogP contribution in [0, 0.1) is 0 Å². The Labute approximate surface area is 138 Å². The zero-order chi connectivity index (χ0) is 16.7. The molecule has 0 unspecified atom stereocenters. The quantitative estimate of drug-likeness (QED) is 0.682. The molecular formula is C16H20N4O4. The number of aliphatic hydroxyl groups excluding tert-OH is 2. The molecule has 8 nitrogen and oxygen atoms in total. The minimum atomic E-state index is -0.900. The Kier molecular flexibility index (Phi) is 3.75. The number of nitrogens with zero attached hydrogens (tertiary/aromatic N) is 3. The van der Waals surface area contributed by atoms with Gasteiger partial charge in [0, 0.05) is 18.5 Å². The molecule has 0 aromatic carbocycles. The number of aromatic amines is 1. The lowest BCUT2D eigenvalue weighted by molar-refractivity contribution is -0.212. The second-order valence-electron chi connectivity index (χ2n) is 6.51. The standard InChI is InChI=1S/C16H20N4O4/c21-12-3-8-24-16(13(12)22)4-6-20(7-5-16)15(23)11-2-1-10-9-17-19-14(10)18-11/h1-2,9,12-13,21-22H,3-8H2,(H,17,18,19)/t12-,13-/m0/s1. The van der Waals surface area contributed by atoms with Crippen LogP contribution in [-0.4, -0.2) is 73.7 Å². The van der Waals surface area contributed by atoms with Gasteiger partial charge in [-0.1, -0.05) is 0 Å². The second kappa shape index (κ2) is 5.80. The van der Waals surface area contributed by atoms with Crippen LogP contribution in [0.3, 0.4) is 0 Å². The van der Waals surface area contributed by atoms with Gasteiger partial charge < -0.3 is 19.8 Å². The monoisotopic (exact) mass is 332 g/mol. The van der Waals surface area contributed by atoms with Gasteiger partial charge in [0.1, 0.15) is 11.8 Å². The van der Waals surface area contributed by atoms with Crippen LogP contribution < -0.4 is 0 Å². The third kappa shape index (κ3) is 2.47. The summed E-state index contributed by atoms with van der Waals surface area (Å²) in [5.41, 5.74) is 0.214. The van der Waals surface area contributed by atoms with Gasteiger partial charge in [0.15, 0.2) is 5.65 Å². The maximum absolute atomic E-state index is 12.7. The van der Waals surface area contributed by atoms with Crippen molar-refractivity contribution in [3.63, 3.8) is 0 Å². The van der Waals surface area contributed by atoms with Crippen molar-refractivity contribution < 1.29 is 19.7 Å². The summed E-state index contributed by atoms with van der Waals surface area (Å²) in [7, 11) is 0. The molecule has 24 heavy (non-hydrogen) atoms. The summed E-state index contributed by atoms with van der Waals surface area (Å²) in [5.74, 6) is -0.146. The number of hydrogen-bond donors (Lipinski definition) is 3. The Balaban J connectivity index is 1.48. The number of rotatable bonds is 1. The summed E-state index contributed by atoms with van der Waals surface area (Å²) in [6.45, 7) is 1.36. The van der Waals surface area contributed by atoms with Crippen molar-refractivity contribution >= 4 is 16.9 Å². The summed E-state index contributed by atoms with van der Waals surface area (Å²) < 4.78 is 5.79. The van der Waals surface area contributed by atoms with Crippen molar-refractivity contribution in [3.8, 4) is 0 Å². The van der Waals surface area contributed by atoms with E-state index in [2.05, 4.69) is 15.2 Å². The highest BCUT2D eigenvalue weighted by molar-refractivity contribution is 5.94. The average Bonchev–Trinajstić information content (AvgIpc) is 3.07. The molecule has 0 saturated carbocycles. The van der Waals surface area contributed by atoms with Gasteiger partial charge in [-0.15, -0.1) is 0 Å². The first-order valence-corrected chi connectivity index (χ1v) is 8.19. The molecule has 4 rings (SSSR count). The Morgan fingerprint density at radius 2 is 2.12 bits per heavy atom. The molecule has 0 radical (unpaired) electrons. The van der Waals surface area contributed by atoms with E-state index in [1.807, 2.05) is 6.07 Å². The molecule has 1 amide bonds. The molecule has 1 spiro atoms. The topological polar surface area (TPSA) is 112 Å². The predicted molar refractivity (Wildman–Crippen MR) is 84.3 cm³/mol. The number of aliphatic hydroxyl groups is 2. The van der Waals surface area contributed by atoms with Gasteiger partial charge >= 0.3 is 0 Å². The van der Waals surface area contributed by atoms with Crippen LogP contribution in [0.1, 0.15) is 29.8 Å². The SMILES string of the molecule is O=C(c1ccc2cn[nH]c2n1)N1CCC2(CC1)OCC[C@H](O)[C@@H]2O. The highest BCUT2D eigenvalue weighted by Gasteiger charge is 2.48. The van der Waals surface area contributed by atoms with E-state index >= 15 is 0 Å². The number of nitrogens with one attached hydrogen (secondary N) is 1. The van der Waals surface area contributed by atoms with Crippen molar-refractivity contribution in [2.24, 2.45) is 0 Å². The number of amides is 1. The molecule has 2 aliphatic heterocycles. The maximum atomic E-state index is 12.7. The first-order chi connectivity index (χ1) is 11.6. The molecule has 8 heteroatoms. The smallest absolute Gasteiger partial charge is 0.272 e. The number of likely N-dealkylation sites (tertiary alicyclic amines) is 1. The van der Waals surface area contributed by atoms with Crippen molar-refractivity contribution in [1.29, 1.82) is 0 Å². The van der Waals surface area contributed by atoms with E-state index in [9.17, 15) is 15.0 Å². The van der Waals surface area contributed by atoms with Crippen molar-refractivity contribution in [1.82, 2.24) is 20.1 Å². The zero-order valence-electron chi connectivity index (χ0n) is 13.2. The Hall–Kier alpha value is -2.03. The molecule has 0 bridgehead atoms. The summed E-state index contributed by atoms with van der Waals surface area (Å²) in [4.78, 5) is 18.7. The number of pyridine rings is 1. The van der Waals surface area contributed by atoms with Gasteiger partial charge in [-0.3, -0.25) is 9.89 Å². The van der Waals surface area contributed by atoms with Crippen LogP contribution in [0.5, 0.6) is 0 Å². The minimum Gasteiger partial charge on any atom is -0.390 e.